The molecule has 4 nitrogen and oxygen atoms in total. The zero-order valence-corrected chi connectivity index (χ0v) is 12.0. The number of likely N-dealkylation sites (tertiary alicyclic amines) is 1. The molecule has 1 spiro atoms. The number of nitrogens with zero attached hydrogens (tertiary/aromatic N) is 1. The van der Waals surface area contributed by atoms with Crippen molar-refractivity contribution in [1.29, 1.82) is 0 Å². The summed E-state index contributed by atoms with van der Waals surface area (Å²) in [6.07, 6.45) is 5.86. The minimum Gasteiger partial charge on any atom is -0.391 e. The van der Waals surface area contributed by atoms with Crippen molar-refractivity contribution in [1.82, 2.24) is 4.90 Å². The number of imide groups is 1. The van der Waals surface area contributed by atoms with Crippen LogP contribution in [0.3, 0.4) is 0 Å². The van der Waals surface area contributed by atoms with Crippen molar-refractivity contribution >= 4 is 11.8 Å². The van der Waals surface area contributed by atoms with E-state index in [2.05, 4.69) is 0 Å². The molecule has 4 heteroatoms. The molecular weight excluding hydrogens is 242 g/mol. The van der Waals surface area contributed by atoms with E-state index in [9.17, 15) is 14.7 Å². The van der Waals surface area contributed by atoms with Crippen molar-refractivity contribution in [2.24, 2.45) is 11.3 Å². The van der Waals surface area contributed by atoms with Crippen molar-refractivity contribution in [3.8, 4) is 0 Å². The number of carbonyl (C=O) groups excluding carboxylic acids is 2. The summed E-state index contributed by atoms with van der Waals surface area (Å²) in [6.45, 7) is 3.95. The monoisotopic (exact) mass is 267 g/mol. The molecule has 1 aliphatic carbocycles. The SMILES string of the molecule is CC(C)C(O)CN1C(=O)CC2(CCCCC2)CC1=O. The fourth-order valence-corrected chi connectivity index (χ4v) is 3.29. The van der Waals surface area contributed by atoms with Gasteiger partial charge in [-0.2, -0.15) is 0 Å². The molecule has 1 saturated heterocycles. The first-order valence-corrected chi connectivity index (χ1v) is 7.45. The summed E-state index contributed by atoms with van der Waals surface area (Å²) in [4.78, 5) is 25.7. The lowest BCUT2D eigenvalue weighted by Crippen LogP contribution is -2.51. The van der Waals surface area contributed by atoms with Crippen LogP contribution in [0, 0.1) is 11.3 Å². The highest BCUT2D eigenvalue weighted by molar-refractivity contribution is 5.98. The summed E-state index contributed by atoms with van der Waals surface area (Å²) in [6, 6.07) is 0. The molecule has 2 fully saturated rings. The Bertz CT molecular complexity index is 338. The number of rotatable bonds is 3. The molecule has 1 aliphatic heterocycles. The zero-order chi connectivity index (χ0) is 14.0. The van der Waals surface area contributed by atoms with E-state index < -0.39 is 6.10 Å². The van der Waals surface area contributed by atoms with Crippen molar-refractivity contribution in [2.45, 2.75) is 64.9 Å². The normalized spacial score (nSPS) is 25.2. The van der Waals surface area contributed by atoms with Crippen LogP contribution in [0.4, 0.5) is 0 Å². The molecule has 1 unspecified atom stereocenters. The van der Waals surface area contributed by atoms with Crippen molar-refractivity contribution < 1.29 is 14.7 Å². The van der Waals surface area contributed by atoms with Crippen LogP contribution in [-0.2, 0) is 9.59 Å². The number of carbonyl (C=O) groups is 2. The van der Waals surface area contributed by atoms with Crippen molar-refractivity contribution in [3.05, 3.63) is 0 Å². The Morgan fingerprint density at radius 2 is 1.63 bits per heavy atom. The summed E-state index contributed by atoms with van der Waals surface area (Å²) in [5, 5.41) is 9.87. The predicted octanol–water partition coefficient (Wildman–Crippen LogP) is 2.10. The Morgan fingerprint density at radius 3 is 2.11 bits per heavy atom. The number of piperidine rings is 1. The van der Waals surface area contributed by atoms with E-state index in [4.69, 9.17) is 0 Å². The quantitative estimate of drug-likeness (QED) is 0.797. The van der Waals surface area contributed by atoms with Gasteiger partial charge in [0.05, 0.1) is 12.6 Å². The number of aliphatic hydroxyl groups is 1. The van der Waals surface area contributed by atoms with Gasteiger partial charge < -0.3 is 5.11 Å². The van der Waals surface area contributed by atoms with Crippen LogP contribution < -0.4 is 0 Å². The maximum absolute atomic E-state index is 12.2. The van der Waals surface area contributed by atoms with Gasteiger partial charge in [-0.05, 0) is 24.2 Å². The molecule has 2 rings (SSSR count). The van der Waals surface area contributed by atoms with E-state index in [0.717, 1.165) is 25.7 Å². The number of hydrogen-bond acceptors (Lipinski definition) is 3. The molecule has 2 amide bonds. The van der Waals surface area contributed by atoms with E-state index in [1.54, 1.807) is 0 Å². The zero-order valence-electron chi connectivity index (χ0n) is 12.0. The van der Waals surface area contributed by atoms with Crippen LogP contribution >= 0.6 is 0 Å². The first-order valence-electron chi connectivity index (χ1n) is 7.45. The van der Waals surface area contributed by atoms with Gasteiger partial charge in [0.2, 0.25) is 11.8 Å². The number of hydrogen-bond donors (Lipinski definition) is 1. The third-order valence-electron chi connectivity index (χ3n) is 4.71. The lowest BCUT2D eigenvalue weighted by atomic mass is 9.67. The van der Waals surface area contributed by atoms with Gasteiger partial charge in [0.1, 0.15) is 0 Å². The highest BCUT2D eigenvalue weighted by Crippen LogP contribution is 2.45. The minimum atomic E-state index is -0.617. The van der Waals surface area contributed by atoms with Gasteiger partial charge in [-0.25, -0.2) is 0 Å². The fourth-order valence-electron chi connectivity index (χ4n) is 3.29. The average molecular weight is 267 g/mol. The molecule has 1 heterocycles. The largest absolute Gasteiger partial charge is 0.391 e. The molecule has 1 atom stereocenters. The van der Waals surface area contributed by atoms with Crippen LogP contribution in [0.5, 0.6) is 0 Å². The van der Waals surface area contributed by atoms with Crippen molar-refractivity contribution in [2.75, 3.05) is 6.54 Å². The molecule has 1 N–H and O–H groups in total. The Hall–Kier alpha value is -0.900. The molecule has 0 aromatic heterocycles. The Kier molecular flexibility index (Phi) is 4.29. The first-order chi connectivity index (χ1) is 8.93. The number of aliphatic hydroxyl groups excluding tert-OH is 1. The summed E-state index contributed by atoms with van der Waals surface area (Å²) in [7, 11) is 0. The molecule has 108 valence electrons. The maximum Gasteiger partial charge on any atom is 0.229 e. The lowest BCUT2D eigenvalue weighted by molar-refractivity contribution is -0.156. The number of amides is 2. The highest BCUT2D eigenvalue weighted by Gasteiger charge is 2.44. The van der Waals surface area contributed by atoms with E-state index in [1.165, 1.54) is 11.3 Å². The maximum atomic E-state index is 12.2. The van der Waals surface area contributed by atoms with E-state index in [-0.39, 0.29) is 29.7 Å². The molecule has 0 aromatic rings. The van der Waals surface area contributed by atoms with Gasteiger partial charge in [0.15, 0.2) is 0 Å². The van der Waals surface area contributed by atoms with Gasteiger partial charge >= 0.3 is 0 Å². The average Bonchev–Trinajstić information content (AvgIpc) is 2.34. The summed E-state index contributed by atoms with van der Waals surface area (Å²) in [5.41, 5.74) is -0.0638. The van der Waals surface area contributed by atoms with Crippen LogP contribution in [-0.4, -0.2) is 34.5 Å². The second-order valence-corrected chi connectivity index (χ2v) is 6.62. The van der Waals surface area contributed by atoms with Gasteiger partial charge in [-0.15, -0.1) is 0 Å². The molecule has 0 radical (unpaired) electrons. The minimum absolute atomic E-state index is 0.0613. The third-order valence-corrected chi connectivity index (χ3v) is 4.71. The van der Waals surface area contributed by atoms with Crippen molar-refractivity contribution in [3.63, 3.8) is 0 Å². The second kappa shape index (κ2) is 5.61. The summed E-state index contributed by atoms with van der Waals surface area (Å²) >= 11 is 0. The fraction of sp³-hybridized carbons (Fsp3) is 0.867. The third kappa shape index (κ3) is 3.16. The van der Waals surface area contributed by atoms with E-state index in [1.807, 2.05) is 13.8 Å². The van der Waals surface area contributed by atoms with Gasteiger partial charge in [0, 0.05) is 12.8 Å². The Balaban J connectivity index is 2.02. The lowest BCUT2D eigenvalue weighted by Gasteiger charge is -2.42. The highest BCUT2D eigenvalue weighted by atomic mass is 16.3. The second-order valence-electron chi connectivity index (χ2n) is 6.62. The molecule has 19 heavy (non-hydrogen) atoms. The smallest absolute Gasteiger partial charge is 0.229 e. The van der Waals surface area contributed by atoms with Crippen LogP contribution in [0.15, 0.2) is 0 Å². The first kappa shape index (κ1) is 14.5. The molecule has 0 bridgehead atoms. The van der Waals surface area contributed by atoms with Crippen LogP contribution in [0.2, 0.25) is 0 Å². The Labute approximate surface area is 115 Å². The summed E-state index contributed by atoms with van der Waals surface area (Å²) in [5.74, 6) is -0.109. The van der Waals surface area contributed by atoms with Gasteiger partial charge in [-0.3, -0.25) is 14.5 Å². The van der Waals surface area contributed by atoms with Gasteiger partial charge in [-0.1, -0.05) is 33.1 Å². The topological polar surface area (TPSA) is 57.6 Å². The molecule has 2 aliphatic rings. The van der Waals surface area contributed by atoms with Gasteiger partial charge in [0.25, 0.3) is 0 Å². The number of β-amino-alcohol motifs (C(OH)–C–C–N with tert-alkyl or cyclic N) is 1. The predicted molar refractivity (Wildman–Crippen MR) is 72.3 cm³/mol. The standard InChI is InChI=1S/C15H25NO3/c1-11(2)12(17)10-16-13(18)8-15(9-14(16)19)6-4-3-5-7-15/h11-12,17H,3-10H2,1-2H3. The molecule has 1 saturated carbocycles. The van der Waals surface area contributed by atoms with E-state index >= 15 is 0 Å². The van der Waals surface area contributed by atoms with Crippen LogP contribution in [0.25, 0.3) is 0 Å². The Morgan fingerprint density at radius 1 is 1.11 bits per heavy atom. The molecular formula is C15H25NO3. The molecule has 0 aromatic carbocycles. The van der Waals surface area contributed by atoms with E-state index in [0.29, 0.717) is 12.8 Å². The summed E-state index contributed by atoms with van der Waals surface area (Å²) < 4.78 is 0. The van der Waals surface area contributed by atoms with Crippen LogP contribution in [0.1, 0.15) is 58.8 Å².